The second kappa shape index (κ2) is 4.54. The van der Waals surface area contributed by atoms with Crippen molar-refractivity contribution in [2.75, 3.05) is 6.61 Å². The summed E-state index contributed by atoms with van der Waals surface area (Å²) < 4.78 is 0. The van der Waals surface area contributed by atoms with Crippen molar-refractivity contribution in [2.45, 2.75) is 13.0 Å². The lowest BCUT2D eigenvalue weighted by Gasteiger charge is -2.25. The van der Waals surface area contributed by atoms with Gasteiger partial charge < -0.3 is 0 Å². The van der Waals surface area contributed by atoms with E-state index in [1.165, 1.54) is 6.08 Å². The van der Waals surface area contributed by atoms with Crippen molar-refractivity contribution in [3.05, 3.63) is 30.5 Å². The van der Waals surface area contributed by atoms with Crippen LogP contribution in [0, 0.1) is 0 Å². The number of allylic oxidation sites excluding steroid dienone is 2. The van der Waals surface area contributed by atoms with E-state index in [1.54, 1.807) is 17.2 Å². The van der Waals surface area contributed by atoms with Crippen LogP contribution < -0.4 is 0 Å². The molecule has 0 aromatic rings. The van der Waals surface area contributed by atoms with Gasteiger partial charge in [-0.1, -0.05) is 12.2 Å². The van der Waals surface area contributed by atoms with Crippen molar-refractivity contribution in [3.8, 4) is 0 Å². The normalized spacial score (nSPS) is 20.8. The van der Waals surface area contributed by atoms with Crippen LogP contribution in [0.4, 0.5) is 0 Å². The molecule has 1 aliphatic heterocycles. The van der Waals surface area contributed by atoms with E-state index in [1.807, 2.05) is 25.2 Å². The molecule has 3 nitrogen and oxygen atoms in total. The molecule has 3 heteroatoms. The minimum Gasteiger partial charge on any atom is -0.273 e. The summed E-state index contributed by atoms with van der Waals surface area (Å²) in [5.74, 6) is 1.74. The zero-order valence-corrected chi connectivity index (χ0v) is 6.93. The van der Waals surface area contributed by atoms with E-state index >= 15 is 0 Å². The maximum atomic E-state index is 10.1. The highest BCUT2D eigenvalue weighted by molar-refractivity contribution is 5.48. The summed E-state index contributed by atoms with van der Waals surface area (Å²) in [6.07, 6.45) is 8.77. The Hall–Kier alpha value is -1.31. The van der Waals surface area contributed by atoms with Crippen molar-refractivity contribution in [1.82, 2.24) is 5.06 Å². The molecule has 0 bridgehead atoms. The van der Waals surface area contributed by atoms with E-state index < -0.39 is 0 Å². The fourth-order valence-electron chi connectivity index (χ4n) is 0.974. The zero-order valence-electron chi connectivity index (χ0n) is 6.93. The second-order valence-corrected chi connectivity index (χ2v) is 2.28. The van der Waals surface area contributed by atoms with Crippen molar-refractivity contribution in [1.29, 1.82) is 0 Å². The van der Waals surface area contributed by atoms with Gasteiger partial charge in [-0.05, 0) is 13.0 Å². The Bertz CT molecular complexity index is 239. The zero-order chi connectivity index (χ0) is 8.81. The van der Waals surface area contributed by atoms with Gasteiger partial charge in [0.1, 0.15) is 12.0 Å². The summed E-state index contributed by atoms with van der Waals surface area (Å²) in [5, 5.41) is 1.62. The fraction of sp³-hybridized carbons (Fsp3) is 0.333. The highest BCUT2D eigenvalue weighted by atomic mass is 16.7. The van der Waals surface area contributed by atoms with Crippen molar-refractivity contribution < 1.29 is 9.63 Å². The lowest BCUT2D eigenvalue weighted by molar-refractivity contribution is -0.124. The molecule has 0 aliphatic carbocycles. The standard InChI is InChI=1S/C9H11NO2/c1-2-12-10-7-4-3-5-9(10)6-8-11/h3-7,9H,2H2,1H3. The summed E-state index contributed by atoms with van der Waals surface area (Å²) in [5.41, 5.74) is 0. The number of nitrogens with zero attached hydrogens (tertiary/aromatic N) is 1. The first kappa shape index (κ1) is 8.78. The van der Waals surface area contributed by atoms with Crippen LogP contribution in [0.25, 0.3) is 0 Å². The van der Waals surface area contributed by atoms with Gasteiger partial charge in [0.2, 0.25) is 0 Å². The average molecular weight is 165 g/mol. The van der Waals surface area contributed by atoms with Crippen LogP contribution in [0.15, 0.2) is 30.5 Å². The van der Waals surface area contributed by atoms with Gasteiger partial charge in [-0.15, -0.1) is 0 Å². The fourth-order valence-corrected chi connectivity index (χ4v) is 0.974. The molecular formula is C9H11NO2. The van der Waals surface area contributed by atoms with Gasteiger partial charge in [0.15, 0.2) is 0 Å². The summed E-state index contributed by atoms with van der Waals surface area (Å²) in [6, 6.07) is -0.118. The Morgan fingerprint density at radius 1 is 1.67 bits per heavy atom. The van der Waals surface area contributed by atoms with Crippen molar-refractivity contribution in [3.63, 3.8) is 0 Å². The van der Waals surface area contributed by atoms with E-state index in [0.29, 0.717) is 6.61 Å². The van der Waals surface area contributed by atoms with E-state index in [4.69, 9.17) is 4.84 Å². The lowest BCUT2D eigenvalue weighted by atomic mass is 10.2. The Morgan fingerprint density at radius 3 is 3.17 bits per heavy atom. The highest BCUT2D eigenvalue weighted by Crippen LogP contribution is 2.08. The molecule has 0 radical (unpaired) electrons. The molecule has 1 aliphatic rings. The van der Waals surface area contributed by atoms with Crippen LogP contribution in [0.5, 0.6) is 0 Å². The first-order chi connectivity index (χ1) is 5.88. The quantitative estimate of drug-likeness (QED) is 0.586. The SMILES string of the molecule is CCON1C=CC=CC1C=C=O. The Labute approximate surface area is 71.6 Å². The number of hydroxylamine groups is 2. The third-order valence-electron chi connectivity index (χ3n) is 1.46. The predicted octanol–water partition coefficient (Wildman–Crippen LogP) is 1.08. The molecule has 64 valence electrons. The van der Waals surface area contributed by atoms with Gasteiger partial charge in [0.05, 0.1) is 6.61 Å². The summed E-state index contributed by atoms with van der Waals surface area (Å²) >= 11 is 0. The van der Waals surface area contributed by atoms with Crippen LogP contribution in [-0.2, 0) is 9.63 Å². The van der Waals surface area contributed by atoms with E-state index in [0.717, 1.165) is 0 Å². The van der Waals surface area contributed by atoms with Gasteiger partial charge in [0, 0.05) is 12.3 Å². The van der Waals surface area contributed by atoms with Gasteiger partial charge in [-0.25, -0.2) is 9.86 Å². The molecule has 1 atom stereocenters. The average Bonchev–Trinajstić information content (AvgIpc) is 2.09. The molecular weight excluding hydrogens is 154 g/mol. The first-order valence-corrected chi connectivity index (χ1v) is 3.85. The molecule has 0 fully saturated rings. The summed E-state index contributed by atoms with van der Waals surface area (Å²) in [6.45, 7) is 2.48. The van der Waals surface area contributed by atoms with Crippen molar-refractivity contribution in [2.24, 2.45) is 0 Å². The van der Waals surface area contributed by atoms with Crippen LogP contribution in [-0.4, -0.2) is 23.7 Å². The first-order valence-electron chi connectivity index (χ1n) is 3.85. The molecule has 1 rings (SSSR count). The highest BCUT2D eigenvalue weighted by Gasteiger charge is 2.11. The minimum absolute atomic E-state index is 0.118. The largest absolute Gasteiger partial charge is 0.273 e. The second-order valence-electron chi connectivity index (χ2n) is 2.28. The lowest BCUT2D eigenvalue weighted by Crippen LogP contribution is -2.29. The van der Waals surface area contributed by atoms with Crippen LogP contribution in [0.2, 0.25) is 0 Å². The Balaban J connectivity index is 2.63. The molecule has 0 amide bonds. The monoisotopic (exact) mass is 165 g/mol. The molecule has 1 unspecified atom stereocenters. The van der Waals surface area contributed by atoms with Crippen molar-refractivity contribution >= 4 is 5.94 Å². The van der Waals surface area contributed by atoms with Crippen LogP contribution in [0.3, 0.4) is 0 Å². The summed E-state index contributed by atoms with van der Waals surface area (Å²) in [4.78, 5) is 15.3. The maximum absolute atomic E-state index is 10.1. The maximum Gasteiger partial charge on any atom is 0.122 e. The topological polar surface area (TPSA) is 29.5 Å². The van der Waals surface area contributed by atoms with Crippen LogP contribution >= 0.6 is 0 Å². The molecule has 0 aromatic carbocycles. The molecule has 0 aromatic heterocycles. The summed E-state index contributed by atoms with van der Waals surface area (Å²) in [7, 11) is 0. The number of rotatable bonds is 3. The number of hydrogen-bond acceptors (Lipinski definition) is 3. The third kappa shape index (κ3) is 2.09. The van der Waals surface area contributed by atoms with Gasteiger partial charge in [-0.2, -0.15) is 0 Å². The molecule has 0 spiro atoms. The third-order valence-corrected chi connectivity index (χ3v) is 1.46. The van der Waals surface area contributed by atoms with E-state index in [2.05, 4.69) is 0 Å². The van der Waals surface area contributed by atoms with Gasteiger partial charge in [-0.3, -0.25) is 4.84 Å². The van der Waals surface area contributed by atoms with Gasteiger partial charge >= 0.3 is 0 Å². The number of hydrogen-bond donors (Lipinski definition) is 0. The van der Waals surface area contributed by atoms with E-state index in [-0.39, 0.29) is 6.04 Å². The molecule has 0 saturated carbocycles. The number of carbonyl (C=O) groups excluding carboxylic acids is 1. The van der Waals surface area contributed by atoms with Gasteiger partial charge in [0.25, 0.3) is 0 Å². The van der Waals surface area contributed by atoms with Crippen LogP contribution in [0.1, 0.15) is 6.92 Å². The molecule has 0 saturated heterocycles. The molecule has 0 N–H and O–H groups in total. The Kier molecular flexibility index (Phi) is 3.33. The molecule has 12 heavy (non-hydrogen) atoms. The Morgan fingerprint density at radius 2 is 2.50 bits per heavy atom. The van der Waals surface area contributed by atoms with E-state index in [9.17, 15) is 4.79 Å². The molecule has 1 heterocycles. The predicted molar refractivity (Wildman–Crippen MR) is 45.8 cm³/mol. The smallest absolute Gasteiger partial charge is 0.122 e. The minimum atomic E-state index is -0.118.